The Labute approximate surface area is 194 Å². The average molecular weight is 452 g/mol. The highest BCUT2D eigenvalue weighted by atomic mass is 16.2. The third-order valence-electron chi connectivity index (χ3n) is 6.50. The molecule has 0 radical (unpaired) electrons. The predicted molar refractivity (Wildman–Crippen MR) is 126 cm³/mol. The van der Waals surface area contributed by atoms with Crippen LogP contribution in [-0.2, 0) is 11.2 Å². The summed E-state index contributed by atoms with van der Waals surface area (Å²) in [5.41, 5.74) is 4.59. The van der Waals surface area contributed by atoms with Crippen molar-refractivity contribution in [1.82, 2.24) is 20.0 Å². The van der Waals surface area contributed by atoms with Crippen molar-refractivity contribution in [3.05, 3.63) is 46.3 Å². The van der Waals surface area contributed by atoms with Gasteiger partial charge in [0, 0.05) is 44.8 Å². The summed E-state index contributed by atoms with van der Waals surface area (Å²) in [6.07, 6.45) is 1.09. The van der Waals surface area contributed by atoms with Gasteiger partial charge in [-0.25, -0.2) is 0 Å². The molecule has 4 rings (SSSR count). The van der Waals surface area contributed by atoms with Crippen molar-refractivity contribution in [2.24, 2.45) is 5.41 Å². The van der Waals surface area contributed by atoms with E-state index in [0.717, 1.165) is 22.6 Å². The Morgan fingerprint density at radius 2 is 1.76 bits per heavy atom. The summed E-state index contributed by atoms with van der Waals surface area (Å²) < 4.78 is 0. The van der Waals surface area contributed by atoms with Crippen LogP contribution in [0.15, 0.2) is 18.2 Å². The fourth-order valence-corrected chi connectivity index (χ4v) is 4.71. The number of piperazine rings is 1. The van der Waals surface area contributed by atoms with Crippen molar-refractivity contribution in [2.45, 2.75) is 47.5 Å². The standard InChI is InChI=1S/C25H33N5O3/c1-16-18(17(2)27-26-16)9-10-30-23(32)19-7-6-8-20(22(19)24(30)33)28-11-13-29(14-12-28)21(31)15-25(3,4)5/h6-8H,9-15H2,1-5H3,(H,26,27). The monoisotopic (exact) mass is 451 g/mol. The number of carbonyl (C=O) groups excluding carboxylic acids is 3. The molecule has 1 aromatic carbocycles. The van der Waals surface area contributed by atoms with Crippen LogP contribution in [0.1, 0.15) is 64.9 Å². The first-order valence-electron chi connectivity index (χ1n) is 11.6. The second-order valence-electron chi connectivity index (χ2n) is 10.2. The molecule has 1 fully saturated rings. The highest BCUT2D eigenvalue weighted by molar-refractivity contribution is 6.23. The molecule has 0 unspecified atom stereocenters. The lowest BCUT2D eigenvalue weighted by Gasteiger charge is -2.37. The Morgan fingerprint density at radius 1 is 1.06 bits per heavy atom. The maximum absolute atomic E-state index is 13.3. The van der Waals surface area contributed by atoms with E-state index in [4.69, 9.17) is 0 Å². The lowest BCUT2D eigenvalue weighted by Crippen LogP contribution is -2.49. The van der Waals surface area contributed by atoms with E-state index in [1.54, 1.807) is 6.07 Å². The van der Waals surface area contributed by atoms with E-state index in [-0.39, 0.29) is 23.1 Å². The largest absolute Gasteiger partial charge is 0.367 e. The number of aromatic amines is 1. The average Bonchev–Trinajstić information content (AvgIpc) is 3.21. The van der Waals surface area contributed by atoms with Gasteiger partial charge in [-0.3, -0.25) is 24.4 Å². The minimum atomic E-state index is -0.241. The van der Waals surface area contributed by atoms with Crippen molar-refractivity contribution in [1.29, 1.82) is 0 Å². The normalized spacial score (nSPS) is 16.6. The zero-order valence-electron chi connectivity index (χ0n) is 20.2. The minimum absolute atomic E-state index is 0.0434. The first-order chi connectivity index (χ1) is 15.6. The Balaban J connectivity index is 1.47. The number of anilines is 1. The molecule has 176 valence electrons. The molecule has 0 saturated carbocycles. The van der Waals surface area contributed by atoms with Gasteiger partial charge in [-0.1, -0.05) is 26.8 Å². The summed E-state index contributed by atoms with van der Waals surface area (Å²) in [5, 5.41) is 7.16. The fourth-order valence-electron chi connectivity index (χ4n) is 4.71. The molecular weight excluding hydrogens is 418 g/mol. The number of hydrogen-bond acceptors (Lipinski definition) is 5. The number of imide groups is 1. The summed E-state index contributed by atoms with van der Waals surface area (Å²) in [6.45, 7) is 12.9. The van der Waals surface area contributed by atoms with E-state index in [9.17, 15) is 14.4 Å². The van der Waals surface area contributed by atoms with Gasteiger partial charge in [0.15, 0.2) is 0 Å². The molecule has 1 aromatic heterocycles. The summed E-state index contributed by atoms with van der Waals surface area (Å²) in [7, 11) is 0. The quantitative estimate of drug-likeness (QED) is 0.706. The number of hydrogen-bond donors (Lipinski definition) is 1. The molecule has 2 aromatic rings. The van der Waals surface area contributed by atoms with Gasteiger partial charge in [0.05, 0.1) is 22.5 Å². The number of benzene rings is 1. The minimum Gasteiger partial charge on any atom is -0.367 e. The Kier molecular flexibility index (Phi) is 6.03. The Hall–Kier alpha value is -3.16. The number of carbonyl (C=O) groups is 3. The van der Waals surface area contributed by atoms with Gasteiger partial charge < -0.3 is 9.80 Å². The van der Waals surface area contributed by atoms with E-state index in [2.05, 4.69) is 35.9 Å². The van der Waals surface area contributed by atoms with Crippen LogP contribution < -0.4 is 4.90 Å². The lowest BCUT2D eigenvalue weighted by molar-refractivity contribution is -0.133. The van der Waals surface area contributed by atoms with Gasteiger partial charge in [-0.15, -0.1) is 0 Å². The van der Waals surface area contributed by atoms with Gasteiger partial charge in [0.1, 0.15) is 0 Å². The molecule has 8 heteroatoms. The first-order valence-corrected chi connectivity index (χ1v) is 11.6. The van der Waals surface area contributed by atoms with Crippen molar-refractivity contribution in [3.63, 3.8) is 0 Å². The summed E-state index contributed by atoms with van der Waals surface area (Å²) in [5.74, 6) is -0.312. The molecule has 0 spiro atoms. The Morgan fingerprint density at radius 3 is 2.36 bits per heavy atom. The van der Waals surface area contributed by atoms with Gasteiger partial charge in [0.25, 0.3) is 11.8 Å². The fraction of sp³-hybridized carbons (Fsp3) is 0.520. The summed E-state index contributed by atoms with van der Waals surface area (Å²) >= 11 is 0. The van der Waals surface area contributed by atoms with Crippen molar-refractivity contribution in [3.8, 4) is 0 Å². The number of nitrogens with zero attached hydrogens (tertiary/aromatic N) is 4. The third kappa shape index (κ3) is 4.51. The lowest BCUT2D eigenvalue weighted by atomic mass is 9.91. The van der Waals surface area contributed by atoms with Crippen LogP contribution in [0.3, 0.4) is 0 Å². The topological polar surface area (TPSA) is 89.6 Å². The first kappa shape index (κ1) is 23.0. The van der Waals surface area contributed by atoms with Crippen LogP contribution in [-0.4, -0.2) is 70.4 Å². The molecule has 3 heterocycles. The number of aryl methyl sites for hydroxylation is 2. The number of aromatic nitrogens is 2. The van der Waals surface area contributed by atoms with Crippen LogP contribution in [0, 0.1) is 19.3 Å². The molecule has 1 N–H and O–H groups in total. The summed E-state index contributed by atoms with van der Waals surface area (Å²) in [6, 6.07) is 5.48. The second-order valence-corrected chi connectivity index (χ2v) is 10.2. The van der Waals surface area contributed by atoms with Crippen molar-refractivity contribution >= 4 is 23.4 Å². The number of amides is 3. The molecule has 2 aliphatic rings. The molecule has 3 amide bonds. The van der Waals surface area contributed by atoms with Gasteiger partial charge >= 0.3 is 0 Å². The van der Waals surface area contributed by atoms with Gasteiger partial charge in [-0.05, 0) is 43.4 Å². The van der Waals surface area contributed by atoms with Gasteiger partial charge in [0.2, 0.25) is 5.91 Å². The van der Waals surface area contributed by atoms with Crippen LogP contribution >= 0.6 is 0 Å². The number of rotatable bonds is 5. The zero-order valence-corrected chi connectivity index (χ0v) is 20.2. The highest BCUT2D eigenvalue weighted by Gasteiger charge is 2.39. The summed E-state index contributed by atoms with van der Waals surface area (Å²) in [4.78, 5) is 44.3. The SMILES string of the molecule is Cc1n[nH]c(C)c1CCN1C(=O)c2cccc(N3CCN(C(=O)CC(C)(C)C)CC3)c2C1=O. The molecule has 0 bridgehead atoms. The smallest absolute Gasteiger partial charge is 0.263 e. The highest BCUT2D eigenvalue weighted by Crippen LogP contribution is 2.33. The molecule has 0 aliphatic carbocycles. The zero-order chi connectivity index (χ0) is 23.9. The van der Waals surface area contributed by atoms with Crippen molar-refractivity contribution < 1.29 is 14.4 Å². The van der Waals surface area contributed by atoms with E-state index in [1.807, 2.05) is 30.9 Å². The predicted octanol–water partition coefficient (Wildman–Crippen LogP) is 2.95. The van der Waals surface area contributed by atoms with E-state index < -0.39 is 0 Å². The van der Waals surface area contributed by atoms with Crippen LogP contribution in [0.4, 0.5) is 5.69 Å². The second kappa shape index (κ2) is 8.65. The van der Waals surface area contributed by atoms with Crippen LogP contribution in [0.25, 0.3) is 0 Å². The van der Waals surface area contributed by atoms with Crippen LogP contribution in [0.5, 0.6) is 0 Å². The molecule has 0 atom stereocenters. The maximum Gasteiger partial charge on any atom is 0.263 e. The molecule has 33 heavy (non-hydrogen) atoms. The molecular formula is C25H33N5O3. The van der Waals surface area contributed by atoms with Gasteiger partial charge in [-0.2, -0.15) is 5.10 Å². The molecule has 1 saturated heterocycles. The number of H-pyrrole nitrogens is 1. The van der Waals surface area contributed by atoms with E-state index in [0.29, 0.717) is 56.7 Å². The Bertz CT molecular complexity index is 1070. The van der Waals surface area contributed by atoms with Crippen molar-refractivity contribution in [2.75, 3.05) is 37.6 Å². The maximum atomic E-state index is 13.3. The third-order valence-corrected chi connectivity index (χ3v) is 6.50. The number of fused-ring (bicyclic) bond motifs is 1. The molecule has 8 nitrogen and oxygen atoms in total. The number of nitrogens with one attached hydrogen (secondary N) is 1. The van der Waals surface area contributed by atoms with E-state index >= 15 is 0 Å². The molecule has 2 aliphatic heterocycles. The van der Waals surface area contributed by atoms with Crippen LogP contribution in [0.2, 0.25) is 0 Å². The van der Waals surface area contributed by atoms with E-state index in [1.165, 1.54) is 4.90 Å².